The van der Waals surface area contributed by atoms with Crippen molar-refractivity contribution in [3.8, 4) is 11.3 Å². The molecule has 2 amide bonds. The van der Waals surface area contributed by atoms with Gasteiger partial charge in [0.25, 0.3) is 5.91 Å². The molecule has 0 bridgehead atoms. The maximum absolute atomic E-state index is 13.3. The summed E-state index contributed by atoms with van der Waals surface area (Å²) in [5, 5.41) is 3.54. The summed E-state index contributed by atoms with van der Waals surface area (Å²) in [6, 6.07) is 7.23. The van der Waals surface area contributed by atoms with Gasteiger partial charge in [0.2, 0.25) is 0 Å². The summed E-state index contributed by atoms with van der Waals surface area (Å²) >= 11 is 6.30. The van der Waals surface area contributed by atoms with Gasteiger partial charge in [-0.3, -0.25) is 4.79 Å². The fraction of sp³-hybridized carbons (Fsp3) is 0.522. The van der Waals surface area contributed by atoms with E-state index in [0.29, 0.717) is 35.4 Å². The van der Waals surface area contributed by atoms with Crippen molar-refractivity contribution >= 4 is 23.6 Å². The molecule has 1 saturated heterocycles. The summed E-state index contributed by atoms with van der Waals surface area (Å²) < 4.78 is 11.0. The molecule has 7 nitrogen and oxygen atoms in total. The molecule has 2 heterocycles. The minimum atomic E-state index is -0.544. The Bertz CT molecular complexity index is 968. The van der Waals surface area contributed by atoms with Crippen LogP contribution in [-0.2, 0) is 4.74 Å². The van der Waals surface area contributed by atoms with Gasteiger partial charge in [-0.05, 0) is 51.7 Å². The monoisotopic (exact) mass is 445 g/mol. The molecule has 3 atom stereocenters. The lowest BCUT2D eigenvalue weighted by molar-refractivity contribution is 0.0460. The number of benzene rings is 1. The first-order chi connectivity index (χ1) is 14.7. The highest BCUT2D eigenvalue weighted by Crippen LogP contribution is 2.38. The van der Waals surface area contributed by atoms with Crippen LogP contribution in [0.5, 0.6) is 0 Å². The number of carbonyl (C=O) groups excluding carboxylic acids is 2. The second kappa shape index (κ2) is 8.54. The molecule has 166 valence electrons. The van der Waals surface area contributed by atoms with Gasteiger partial charge in [-0.2, -0.15) is 0 Å². The number of amides is 2. The molecule has 31 heavy (non-hydrogen) atoms. The van der Waals surface area contributed by atoms with Crippen LogP contribution in [0.4, 0.5) is 4.79 Å². The zero-order chi connectivity index (χ0) is 22.2. The van der Waals surface area contributed by atoms with Gasteiger partial charge in [-0.15, -0.1) is 0 Å². The minimum Gasteiger partial charge on any atom is -0.444 e. The molecule has 1 aromatic heterocycles. The van der Waals surface area contributed by atoms with Crippen LogP contribution in [0.15, 0.2) is 35.1 Å². The molecule has 0 radical (unpaired) electrons. The fourth-order valence-electron chi connectivity index (χ4n) is 4.66. The van der Waals surface area contributed by atoms with E-state index >= 15 is 0 Å². The normalized spacial score (nSPS) is 23.4. The molecule has 2 fully saturated rings. The number of likely N-dealkylation sites (tertiary alicyclic amines) is 1. The van der Waals surface area contributed by atoms with E-state index in [2.05, 4.69) is 10.3 Å². The number of hydrogen-bond donors (Lipinski definition) is 1. The van der Waals surface area contributed by atoms with E-state index in [0.717, 1.165) is 19.3 Å². The molecule has 2 aromatic rings. The van der Waals surface area contributed by atoms with Crippen LogP contribution in [-0.4, -0.2) is 46.6 Å². The lowest BCUT2D eigenvalue weighted by Gasteiger charge is -2.33. The zero-order valence-corrected chi connectivity index (χ0v) is 18.8. The first-order valence-corrected chi connectivity index (χ1v) is 11.1. The SMILES string of the molecule is CC(C)(C)OC(=O)N[C@@H]1CCC[C@H]2CN(C(=O)c3ncoc3-c3ccccc3Cl)C[C@@H]21. The smallest absolute Gasteiger partial charge is 0.407 e. The van der Waals surface area contributed by atoms with Gasteiger partial charge in [0.05, 0.1) is 5.02 Å². The van der Waals surface area contributed by atoms with E-state index in [1.165, 1.54) is 6.39 Å². The Morgan fingerprint density at radius 3 is 2.74 bits per heavy atom. The highest BCUT2D eigenvalue weighted by Gasteiger charge is 2.43. The molecule has 1 aromatic carbocycles. The van der Waals surface area contributed by atoms with Crippen molar-refractivity contribution in [2.75, 3.05) is 13.1 Å². The molecule has 1 saturated carbocycles. The number of alkyl carbamates (subject to hydrolysis) is 1. The number of ether oxygens (including phenoxy) is 1. The quantitative estimate of drug-likeness (QED) is 0.736. The van der Waals surface area contributed by atoms with Crippen molar-refractivity contribution in [3.63, 3.8) is 0 Å². The number of aromatic nitrogens is 1. The van der Waals surface area contributed by atoms with Crippen LogP contribution < -0.4 is 5.32 Å². The Kier molecular flexibility index (Phi) is 5.97. The van der Waals surface area contributed by atoms with Gasteiger partial charge >= 0.3 is 6.09 Å². The Morgan fingerprint density at radius 2 is 2.00 bits per heavy atom. The average Bonchev–Trinajstić information content (AvgIpc) is 3.34. The number of hydrogen-bond acceptors (Lipinski definition) is 5. The van der Waals surface area contributed by atoms with Crippen molar-refractivity contribution in [2.45, 2.75) is 51.7 Å². The van der Waals surface area contributed by atoms with Crippen LogP contribution in [0.1, 0.15) is 50.5 Å². The first-order valence-electron chi connectivity index (χ1n) is 10.7. The predicted octanol–water partition coefficient (Wildman–Crippen LogP) is 4.76. The van der Waals surface area contributed by atoms with Crippen LogP contribution in [0.3, 0.4) is 0 Å². The van der Waals surface area contributed by atoms with Gasteiger partial charge in [0.1, 0.15) is 5.60 Å². The number of carbonyl (C=O) groups is 2. The zero-order valence-electron chi connectivity index (χ0n) is 18.1. The van der Waals surface area contributed by atoms with Crippen molar-refractivity contribution in [3.05, 3.63) is 41.4 Å². The van der Waals surface area contributed by atoms with Crippen molar-refractivity contribution < 1.29 is 18.7 Å². The van der Waals surface area contributed by atoms with Gasteiger partial charge < -0.3 is 19.4 Å². The van der Waals surface area contributed by atoms with Crippen LogP contribution in [0.25, 0.3) is 11.3 Å². The summed E-state index contributed by atoms with van der Waals surface area (Å²) in [7, 11) is 0. The number of rotatable bonds is 3. The summed E-state index contributed by atoms with van der Waals surface area (Å²) in [6.45, 7) is 6.76. The number of fused-ring (bicyclic) bond motifs is 1. The van der Waals surface area contributed by atoms with Gasteiger partial charge in [-0.25, -0.2) is 9.78 Å². The Morgan fingerprint density at radius 1 is 1.23 bits per heavy atom. The van der Waals surface area contributed by atoms with Crippen LogP contribution in [0, 0.1) is 11.8 Å². The van der Waals surface area contributed by atoms with E-state index in [1.54, 1.807) is 6.07 Å². The Hall–Kier alpha value is -2.54. The summed E-state index contributed by atoms with van der Waals surface area (Å²) in [5.74, 6) is 0.747. The van der Waals surface area contributed by atoms with Gasteiger partial charge in [0, 0.05) is 30.6 Å². The highest BCUT2D eigenvalue weighted by molar-refractivity contribution is 6.33. The van der Waals surface area contributed by atoms with E-state index in [9.17, 15) is 9.59 Å². The molecule has 1 aliphatic heterocycles. The first kappa shape index (κ1) is 21.7. The molecule has 1 N–H and O–H groups in total. The summed E-state index contributed by atoms with van der Waals surface area (Å²) in [4.78, 5) is 31.6. The number of oxazole rings is 1. The third-order valence-electron chi connectivity index (χ3n) is 5.98. The van der Waals surface area contributed by atoms with Crippen LogP contribution >= 0.6 is 11.6 Å². The maximum atomic E-state index is 13.3. The number of halogens is 1. The van der Waals surface area contributed by atoms with Crippen LogP contribution in [0.2, 0.25) is 5.02 Å². The largest absolute Gasteiger partial charge is 0.444 e. The van der Waals surface area contributed by atoms with Gasteiger partial charge in [0.15, 0.2) is 17.8 Å². The van der Waals surface area contributed by atoms with Crippen molar-refractivity contribution in [2.24, 2.45) is 11.8 Å². The molecule has 1 aliphatic carbocycles. The lowest BCUT2D eigenvalue weighted by atomic mass is 9.78. The predicted molar refractivity (Wildman–Crippen MR) is 117 cm³/mol. The maximum Gasteiger partial charge on any atom is 0.407 e. The highest BCUT2D eigenvalue weighted by atomic mass is 35.5. The molecule has 8 heteroatoms. The summed E-state index contributed by atoms with van der Waals surface area (Å²) in [6.07, 6.45) is 3.81. The van der Waals surface area contributed by atoms with E-state index in [4.69, 9.17) is 20.8 Å². The third kappa shape index (κ3) is 4.71. The van der Waals surface area contributed by atoms with Gasteiger partial charge in [-0.1, -0.05) is 30.2 Å². The average molecular weight is 446 g/mol. The fourth-order valence-corrected chi connectivity index (χ4v) is 4.88. The molecule has 0 unspecified atom stereocenters. The Labute approximate surface area is 187 Å². The van der Waals surface area contributed by atoms with E-state index < -0.39 is 11.7 Å². The molecule has 0 spiro atoms. The van der Waals surface area contributed by atoms with Crippen molar-refractivity contribution in [1.29, 1.82) is 0 Å². The van der Waals surface area contributed by atoms with E-state index in [-0.39, 0.29) is 23.6 Å². The topological polar surface area (TPSA) is 84.7 Å². The third-order valence-corrected chi connectivity index (χ3v) is 6.31. The lowest BCUT2D eigenvalue weighted by Crippen LogP contribution is -2.47. The second-order valence-corrected chi connectivity index (χ2v) is 9.73. The minimum absolute atomic E-state index is 0.00764. The standard InChI is InChI=1S/C23H28ClN3O4/c1-23(2,3)31-22(29)26-18-10-6-7-14-11-27(12-16(14)18)21(28)19-20(30-13-25-19)15-8-4-5-9-17(15)24/h4-5,8-9,13-14,16,18H,6-7,10-12H2,1-3H3,(H,26,29)/t14-,16-,18+/m0/s1. The number of nitrogens with one attached hydrogen (secondary N) is 1. The molecule has 2 aliphatic rings. The Balaban J connectivity index is 1.48. The summed E-state index contributed by atoms with van der Waals surface area (Å²) in [5.41, 5.74) is 0.368. The second-order valence-electron chi connectivity index (χ2n) is 9.33. The van der Waals surface area contributed by atoms with E-state index in [1.807, 2.05) is 43.9 Å². The molecular weight excluding hydrogens is 418 g/mol. The number of nitrogens with zero attached hydrogens (tertiary/aromatic N) is 2. The molecular formula is C23H28ClN3O4. The molecule has 4 rings (SSSR count). The van der Waals surface area contributed by atoms with Crippen molar-refractivity contribution in [1.82, 2.24) is 15.2 Å².